The standard InChI is InChI=1S/C12H9BrO3/c1-6-9(12(15)16)11(14)8-5-3-2-4-7(8)10(6)13/h2-5,14H,1H3,(H,15,16). The molecule has 2 aromatic rings. The minimum atomic E-state index is -1.12. The van der Waals surface area contributed by atoms with E-state index in [0.717, 1.165) is 5.39 Å². The summed E-state index contributed by atoms with van der Waals surface area (Å²) in [6.07, 6.45) is 0. The molecule has 0 unspecified atom stereocenters. The Kier molecular flexibility index (Phi) is 2.59. The van der Waals surface area contributed by atoms with Gasteiger partial charge in [-0.1, -0.05) is 24.3 Å². The molecule has 0 saturated carbocycles. The molecule has 82 valence electrons. The van der Waals surface area contributed by atoms with Crippen LogP contribution >= 0.6 is 15.9 Å². The molecule has 0 aromatic heterocycles. The second kappa shape index (κ2) is 3.79. The molecular weight excluding hydrogens is 272 g/mol. The summed E-state index contributed by atoms with van der Waals surface area (Å²) in [5, 5.41) is 20.3. The fraction of sp³-hybridized carbons (Fsp3) is 0.0833. The van der Waals surface area contributed by atoms with Crippen LogP contribution in [0.1, 0.15) is 15.9 Å². The molecule has 0 spiro atoms. The molecule has 0 saturated heterocycles. The Morgan fingerprint density at radius 1 is 1.25 bits per heavy atom. The van der Waals surface area contributed by atoms with E-state index in [9.17, 15) is 9.90 Å². The van der Waals surface area contributed by atoms with Gasteiger partial charge in [-0.3, -0.25) is 0 Å². The largest absolute Gasteiger partial charge is 0.506 e. The topological polar surface area (TPSA) is 57.5 Å². The van der Waals surface area contributed by atoms with E-state index in [0.29, 0.717) is 15.4 Å². The molecule has 0 fully saturated rings. The molecule has 2 N–H and O–H groups in total. The Bertz CT molecular complexity index is 590. The summed E-state index contributed by atoms with van der Waals surface area (Å²) < 4.78 is 0.707. The summed E-state index contributed by atoms with van der Waals surface area (Å²) in [6.45, 7) is 1.67. The normalized spacial score (nSPS) is 10.6. The monoisotopic (exact) mass is 280 g/mol. The number of aromatic carboxylic acids is 1. The molecule has 0 bridgehead atoms. The number of carboxylic acids is 1. The first-order chi connectivity index (χ1) is 7.54. The molecular formula is C12H9BrO3. The van der Waals surface area contributed by atoms with E-state index < -0.39 is 5.97 Å². The molecule has 0 atom stereocenters. The molecule has 0 aliphatic rings. The van der Waals surface area contributed by atoms with Crippen LogP contribution in [0.15, 0.2) is 28.7 Å². The van der Waals surface area contributed by atoms with Crippen LogP contribution in [-0.4, -0.2) is 16.2 Å². The highest BCUT2D eigenvalue weighted by Crippen LogP contribution is 2.37. The number of benzene rings is 2. The summed E-state index contributed by atoms with van der Waals surface area (Å²) in [7, 11) is 0. The molecule has 0 aliphatic heterocycles. The fourth-order valence-corrected chi connectivity index (χ4v) is 2.31. The molecule has 0 heterocycles. The predicted octanol–water partition coefficient (Wildman–Crippen LogP) is 3.31. The van der Waals surface area contributed by atoms with Crippen LogP contribution in [-0.2, 0) is 0 Å². The summed E-state index contributed by atoms with van der Waals surface area (Å²) >= 11 is 3.36. The van der Waals surface area contributed by atoms with Crippen molar-refractivity contribution in [3.8, 4) is 5.75 Å². The van der Waals surface area contributed by atoms with E-state index in [1.54, 1.807) is 19.1 Å². The average molecular weight is 281 g/mol. The van der Waals surface area contributed by atoms with Crippen LogP contribution in [0.2, 0.25) is 0 Å². The SMILES string of the molecule is Cc1c(C(=O)O)c(O)c2ccccc2c1Br. The van der Waals surface area contributed by atoms with E-state index in [2.05, 4.69) is 15.9 Å². The minimum absolute atomic E-state index is 0.0504. The van der Waals surface area contributed by atoms with Crippen molar-refractivity contribution in [3.05, 3.63) is 39.9 Å². The Balaban J connectivity index is 3.00. The number of aromatic hydroxyl groups is 1. The van der Waals surface area contributed by atoms with Gasteiger partial charge in [0.05, 0.1) is 0 Å². The second-order valence-corrected chi connectivity index (χ2v) is 4.31. The zero-order valence-electron chi connectivity index (χ0n) is 8.49. The maximum absolute atomic E-state index is 11.1. The fourth-order valence-electron chi connectivity index (χ4n) is 1.77. The molecule has 2 rings (SSSR count). The lowest BCUT2D eigenvalue weighted by Crippen LogP contribution is -2.01. The lowest BCUT2D eigenvalue weighted by Gasteiger charge is -2.11. The number of rotatable bonds is 1. The molecule has 4 heteroatoms. The van der Waals surface area contributed by atoms with Crippen LogP contribution in [0.4, 0.5) is 0 Å². The van der Waals surface area contributed by atoms with Crippen molar-refractivity contribution in [2.24, 2.45) is 0 Å². The van der Waals surface area contributed by atoms with E-state index in [-0.39, 0.29) is 11.3 Å². The Morgan fingerprint density at radius 2 is 1.81 bits per heavy atom. The number of halogens is 1. The number of hydrogen-bond donors (Lipinski definition) is 2. The minimum Gasteiger partial charge on any atom is -0.506 e. The van der Waals surface area contributed by atoms with Gasteiger partial charge in [0.2, 0.25) is 0 Å². The van der Waals surface area contributed by atoms with Gasteiger partial charge in [0.15, 0.2) is 0 Å². The molecule has 0 radical (unpaired) electrons. The van der Waals surface area contributed by atoms with Gasteiger partial charge in [0.1, 0.15) is 11.3 Å². The number of fused-ring (bicyclic) bond motifs is 1. The van der Waals surface area contributed by atoms with Gasteiger partial charge in [-0.25, -0.2) is 4.79 Å². The lowest BCUT2D eigenvalue weighted by atomic mass is 10.0. The van der Waals surface area contributed by atoms with Crippen molar-refractivity contribution >= 4 is 32.7 Å². The highest BCUT2D eigenvalue weighted by molar-refractivity contribution is 9.10. The average Bonchev–Trinajstić information content (AvgIpc) is 2.26. The van der Waals surface area contributed by atoms with Crippen molar-refractivity contribution < 1.29 is 15.0 Å². The van der Waals surface area contributed by atoms with E-state index in [1.165, 1.54) is 0 Å². The van der Waals surface area contributed by atoms with E-state index >= 15 is 0 Å². The first kappa shape index (κ1) is 11.0. The van der Waals surface area contributed by atoms with Gasteiger partial charge in [-0.05, 0) is 33.8 Å². The molecule has 0 aliphatic carbocycles. The highest BCUT2D eigenvalue weighted by atomic mass is 79.9. The number of hydrogen-bond acceptors (Lipinski definition) is 2. The highest BCUT2D eigenvalue weighted by Gasteiger charge is 2.19. The van der Waals surface area contributed by atoms with Gasteiger partial charge >= 0.3 is 5.97 Å². The molecule has 0 amide bonds. The smallest absolute Gasteiger partial charge is 0.339 e. The van der Waals surface area contributed by atoms with Crippen molar-refractivity contribution in [1.29, 1.82) is 0 Å². The van der Waals surface area contributed by atoms with E-state index in [1.807, 2.05) is 12.1 Å². The zero-order chi connectivity index (χ0) is 11.9. The van der Waals surface area contributed by atoms with Gasteiger partial charge in [0.25, 0.3) is 0 Å². The van der Waals surface area contributed by atoms with Crippen molar-refractivity contribution in [2.75, 3.05) is 0 Å². The summed E-state index contributed by atoms with van der Waals surface area (Å²) in [5.41, 5.74) is 0.481. The van der Waals surface area contributed by atoms with Gasteiger partial charge in [0, 0.05) is 9.86 Å². The van der Waals surface area contributed by atoms with Crippen LogP contribution < -0.4 is 0 Å². The van der Waals surface area contributed by atoms with Crippen molar-refractivity contribution in [3.63, 3.8) is 0 Å². The van der Waals surface area contributed by atoms with Crippen LogP contribution in [0.25, 0.3) is 10.8 Å². The first-order valence-electron chi connectivity index (χ1n) is 4.67. The number of phenols is 1. The predicted molar refractivity (Wildman–Crippen MR) is 65.0 cm³/mol. The Labute approximate surface area is 100 Å². The van der Waals surface area contributed by atoms with Crippen molar-refractivity contribution in [2.45, 2.75) is 6.92 Å². The maximum atomic E-state index is 11.1. The van der Waals surface area contributed by atoms with Crippen LogP contribution in [0, 0.1) is 6.92 Å². The van der Waals surface area contributed by atoms with E-state index in [4.69, 9.17) is 5.11 Å². The summed E-state index contributed by atoms with van der Waals surface area (Å²) in [5.74, 6) is -1.30. The van der Waals surface area contributed by atoms with Crippen molar-refractivity contribution in [1.82, 2.24) is 0 Å². The Morgan fingerprint density at radius 3 is 2.38 bits per heavy atom. The molecule has 16 heavy (non-hydrogen) atoms. The maximum Gasteiger partial charge on any atom is 0.339 e. The van der Waals surface area contributed by atoms with Gasteiger partial charge in [-0.15, -0.1) is 0 Å². The van der Waals surface area contributed by atoms with Crippen LogP contribution in [0.5, 0.6) is 5.75 Å². The summed E-state index contributed by atoms with van der Waals surface area (Å²) in [6, 6.07) is 7.13. The second-order valence-electron chi connectivity index (χ2n) is 3.51. The Hall–Kier alpha value is -1.55. The summed E-state index contributed by atoms with van der Waals surface area (Å²) in [4.78, 5) is 11.1. The van der Waals surface area contributed by atoms with Gasteiger partial charge < -0.3 is 10.2 Å². The zero-order valence-corrected chi connectivity index (χ0v) is 10.1. The van der Waals surface area contributed by atoms with Crippen LogP contribution in [0.3, 0.4) is 0 Å². The number of carbonyl (C=O) groups is 1. The lowest BCUT2D eigenvalue weighted by molar-refractivity contribution is 0.0693. The third kappa shape index (κ3) is 1.46. The third-order valence-corrected chi connectivity index (χ3v) is 3.60. The quantitative estimate of drug-likeness (QED) is 0.843. The third-order valence-electron chi connectivity index (χ3n) is 2.57. The first-order valence-corrected chi connectivity index (χ1v) is 5.46. The molecule has 3 nitrogen and oxygen atoms in total. The molecule has 2 aromatic carbocycles. The van der Waals surface area contributed by atoms with Gasteiger partial charge in [-0.2, -0.15) is 0 Å². The number of carboxylic acid groups (broad SMARTS) is 1.